The van der Waals surface area contributed by atoms with E-state index in [1.54, 1.807) is 0 Å². The summed E-state index contributed by atoms with van der Waals surface area (Å²) < 4.78 is 68.5. The molecule has 0 aliphatic heterocycles. The quantitative estimate of drug-likeness (QED) is 0.0222. The summed E-state index contributed by atoms with van der Waals surface area (Å²) in [4.78, 5) is 72.8. The molecule has 19 heteroatoms. The zero-order chi connectivity index (χ0) is 71.0. The molecule has 0 heterocycles. The van der Waals surface area contributed by atoms with Crippen molar-refractivity contribution in [2.45, 2.75) is 408 Å². The number of carbonyl (C=O) groups excluding carboxylic acids is 4. The van der Waals surface area contributed by atoms with Gasteiger partial charge in [-0.3, -0.25) is 37.3 Å². The topological polar surface area (TPSA) is 237 Å². The molecule has 0 radical (unpaired) electrons. The Labute approximate surface area is 588 Å². The number of aliphatic hydroxyl groups excluding tert-OH is 1. The van der Waals surface area contributed by atoms with Crippen molar-refractivity contribution in [2.24, 2.45) is 23.7 Å². The van der Waals surface area contributed by atoms with E-state index >= 15 is 0 Å². The molecule has 7 atom stereocenters. The third-order valence-electron chi connectivity index (χ3n) is 18.5. The van der Waals surface area contributed by atoms with Gasteiger partial charge < -0.3 is 33.8 Å². The second kappa shape index (κ2) is 66.3. The molecule has 0 aliphatic rings. The minimum Gasteiger partial charge on any atom is -0.462 e. The van der Waals surface area contributed by atoms with E-state index in [0.717, 1.165) is 114 Å². The van der Waals surface area contributed by atoms with Crippen molar-refractivity contribution in [1.29, 1.82) is 0 Å². The summed E-state index contributed by atoms with van der Waals surface area (Å²) in [5, 5.41) is 10.6. The first-order valence-electron chi connectivity index (χ1n) is 39.8. The molecule has 0 spiro atoms. The molecule has 96 heavy (non-hydrogen) atoms. The molecular formula is C77H150O17P2. The van der Waals surface area contributed by atoms with Crippen LogP contribution >= 0.6 is 15.6 Å². The maximum Gasteiger partial charge on any atom is 0.472 e. The Balaban J connectivity index is 5.19. The second-order valence-corrected chi connectivity index (χ2v) is 32.1. The number of phosphoric acid groups is 2. The van der Waals surface area contributed by atoms with Crippen molar-refractivity contribution in [3.05, 3.63) is 0 Å². The molecule has 0 bridgehead atoms. The second-order valence-electron chi connectivity index (χ2n) is 29.2. The fourth-order valence-corrected chi connectivity index (χ4v) is 13.2. The Hall–Kier alpha value is -1.94. The Morgan fingerprint density at radius 3 is 0.740 bits per heavy atom. The number of carbonyl (C=O) groups is 4. The van der Waals surface area contributed by atoms with Gasteiger partial charge in [0.2, 0.25) is 0 Å². The highest BCUT2D eigenvalue weighted by atomic mass is 31.2. The minimum atomic E-state index is -4.96. The lowest BCUT2D eigenvalue weighted by Crippen LogP contribution is -2.30. The molecule has 3 N–H and O–H groups in total. The van der Waals surface area contributed by atoms with E-state index < -0.39 is 97.5 Å². The number of hydrogen-bond acceptors (Lipinski definition) is 15. The fourth-order valence-electron chi connectivity index (χ4n) is 11.7. The van der Waals surface area contributed by atoms with Crippen LogP contribution in [0.15, 0.2) is 0 Å². The van der Waals surface area contributed by atoms with Gasteiger partial charge in [-0.05, 0) is 49.4 Å². The zero-order valence-electron chi connectivity index (χ0n) is 63.0. The van der Waals surface area contributed by atoms with Gasteiger partial charge in [0, 0.05) is 25.7 Å². The molecule has 0 saturated carbocycles. The minimum absolute atomic E-state index is 0.102. The van der Waals surface area contributed by atoms with Crippen molar-refractivity contribution in [3.63, 3.8) is 0 Å². The van der Waals surface area contributed by atoms with Crippen molar-refractivity contribution in [1.82, 2.24) is 0 Å². The van der Waals surface area contributed by atoms with E-state index in [4.69, 9.17) is 37.0 Å². The van der Waals surface area contributed by atoms with E-state index in [-0.39, 0.29) is 25.7 Å². The molecule has 0 aliphatic carbocycles. The molecular weight excluding hydrogens is 1260 g/mol. The van der Waals surface area contributed by atoms with Crippen LogP contribution in [0.3, 0.4) is 0 Å². The van der Waals surface area contributed by atoms with Crippen LogP contribution in [0.4, 0.5) is 0 Å². The van der Waals surface area contributed by atoms with Crippen LogP contribution in [0, 0.1) is 23.7 Å². The van der Waals surface area contributed by atoms with Crippen molar-refractivity contribution in [3.8, 4) is 0 Å². The average molecular weight is 1410 g/mol. The van der Waals surface area contributed by atoms with E-state index in [9.17, 15) is 43.2 Å². The van der Waals surface area contributed by atoms with Gasteiger partial charge in [0.05, 0.1) is 26.4 Å². The molecule has 5 unspecified atom stereocenters. The third-order valence-corrected chi connectivity index (χ3v) is 20.4. The molecule has 0 fully saturated rings. The van der Waals surface area contributed by atoms with Crippen LogP contribution < -0.4 is 0 Å². The highest BCUT2D eigenvalue weighted by molar-refractivity contribution is 7.47. The third kappa shape index (κ3) is 67.9. The van der Waals surface area contributed by atoms with Crippen LogP contribution in [0.1, 0.15) is 389 Å². The van der Waals surface area contributed by atoms with Gasteiger partial charge in [-0.1, -0.05) is 338 Å². The number of rotatable bonds is 74. The highest BCUT2D eigenvalue weighted by Gasteiger charge is 2.30. The lowest BCUT2D eigenvalue weighted by molar-refractivity contribution is -0.161. The summed E-state index contributed by atoms with van der Waals surface area (Å²) in [5.74, 6) is 0.943. The summed E-state index contributed by atoms with van der Waals surface area (Å²) in [6, 6.07) is 0. The summed E-state index contributed by atoms with van der Waals surface area (Å²) in [5.41, 5.74) is 0. The predicted molar refractivity (Wildman–Crippen MR) is 391 cm³/mol. The van der Waals surface area contributed by atoms with Crippen LogP contribution in [0.2, 0.25) is 0 Å². The van der Waals surface area contributed by atoms with E-state index in [2.05, 4.69) is 55.4 Å². The first-order valence-corrected chi connectivity index (χ1v) is 42.8. The monoisotopic (exact) mass is 1410 g/mol. The van der Waals surface area contributed by atoms with Gasteiger partial charge in [-0.15, -0.1) is 0 Å². The summed E-state index contributed by atoms with van der Waals surface area (Å²) in [7, 11) is -9.91. The van der Waals surface area contributed by atoms with E-state index in [1.807, 2.05) is 0 Å². The maximum atomic E-state index is 13.1. The molecule has 0 amide bonds. The fraction of sp³-hybridized carbons (Fsp3) is 0.948. The van der Waals surface area contributed by atoms with E-state index in [0.29, 0.717) is 31.6 Å². The maximum absolute atomic E-state index is 13.1. The van der Waals surface area contributed by atoms with E-state index in [1.165, 1.54) is 186 Å². The normalized spacial score (nSPS) is 14.7. The largest absolute Gasteiger partial charge is 0.472 e. The number of esters is 4. The van der Waals surface area contributed by atoms with Gasteiger partial charge in [0.1, 0.15) is 19.3 Å². The van der Waals surface area contributed by atoms with Gasteiger partial charge in [-0.2, -0.15) is 0 Å². The van der Waals surface area contributed by atoms with Crippen molar-refractivity contribution in [2.75, 3.05) is 39.6 Å². The molecule has 0 saturated heterocycles. The Kier molecular flexibility index (Phi) is 65.0. The smallest absolute Gasteiger partial charge is 0.462 e. The lowest BCUT2D eigenvalue weighted by Gasteiger charge is -2.21. The van der Waals surface area contributed by atoms with Gasteiger partial charge >= 0.3 is 39.5 Å². The number of aliphatic hydroxyl groups is 1. The highest BCUT2D eigenvalue weighted by Crippen LogP contribution is 2.45. The van der Waals surface area contributed by atoms with Gasteiger partial charge in [0.15, 0.2) is 12.2 Å². The van der Waals surface area contributed by atoms with Crippen LogP contribution in [0.5, 0.6) is 0 Å². The SMILES string of the molecule is CCC(C)CCCCCCCCCCCCCCCCCCCCC(=O)O[C@H](COC(=O)CCCCCCCCCCCCCC(C)C)COP(=O)(O)OCC(O)COP(=O)(O)OC[C@@H](COC(=O)CCCCCCCCCC(C)C)OC(=O)CCCCCCCCC(C)CC. The number of unbranched alkanes of at least 4 members (excludes halogenated alkanes) is 38. The van der Waals surface area contributed by atoms with Gasteiger partial charge in [0.25, 0.3) is 0 Å². The predicted octanol–water partition coefficient (Wildman–Crippen LogP) is 22.4. The summed E-state index contributed by atoms with van der Waals surface area (Å²) in [6.45, 7) is 14.2. The van der Waals surface area contributed by atoms with Crippen molar-refractivity contribution < 1.29 is 80.2 Å². The Morgan fingerprint density at radius 1 is 0.292 bits per heavy atom. The summed E-state index contributed by atoms with van der Waals surface area (Å²) in [6.07, 6.45) is 51.6. The molecule has 0 aromatic heterocycles. The molecule has 0 aromatic rings. The zero-order valence-corrected chi connectivity index (χ0v) is 64.8. The Morgan fingerprint density at radius 2 is 0.500 bits per heavy atom. The van der Waals surface area contributed by atoms with Crippen LogP contribution in [-0.4, -0.2) is 96.7 Å². The van der Waals surface area contributed by atoms with Crippen LogP contribution in [-0.2, 0) is 65.4 Å². The summed E-state index contributed by atoms with van der Waals surface area (Å²) >= 11 is 0. The standard InChI is InChI=1S/C77H150O17P2/c1-9-69(7)55-47-39-31-25-21-17-15-13-11-12-14-16-18-22-27-33-43-51-59-76(81)93-72(63-87-74(79)57-49-41-32-26-23-19-20-24-29-37-45-53-67(3)4)65-91-95(83,84)89-61-71(78)62-90-96(85,86)92-66-73(94-77(82)60-52-44-36-35-40-48-56-70(8)10-2)64-88-75(80)58-50-42-34-28-30-38-46-54-68(5)6/h67-73,78H,9-66H2,1-8H3,(H,83,84)(H,85,86)/t69?,70?,71?,72-,73-/m1/s1. The molecule has 570 valence electrons. The molecule has 0 aromatic carbocycles. The first-order chi connectivity index (χ1) is 46.2. The molecule has 17 nitrogen and oxygen atoms in total. The molecule has 0 rings (SSSR count). The number of hydrogen-bond donors (Lipinski definition) is 3. The average Bonchev–Trinajstić information content (AvgIpc) is 1.75. The first kappa shape index (κ1) is 94.1. The van der Waals surface area contributed by atoms with Crippen molar-refractivity contribution >= 4 is 39.5 Å². The number of phosphoric ester groups is 2. The van der Waals surface area contributed by atoms with Crippen LogP contribution in [0.25, 0.3) is 0 Å². The number of ether oxygens (including phenoxy) is 4. The lowest BCUT2D eigenvalue weighted by atomic mass is 9.99. The van der Waals surface area contributed by atoms with Gasteiger partial charge in [-0.25, -0.2) is 9.13 Å². The Bertz CT molecular complexity index is 1890.